The molecule has 0 heterocycles. The van der Waals surface area contributed by atoms with Crippen molar-refractivity contribution >= 4 is 5.78 Å². The number of aliphatic hydroxyl groups is 1. The zero-order chi connectivity index (χ0) is 13.2. The minimum absolute atomic E-state index is 0.0674. The van der Waals surface area contributed by atoms with Gasteiger partial charge in [-0.05, 0) is 24.3 Å². The third-order valence-electron chi connectivity index (χ3n) is 2.35. The van der Waals surface area contributed by atoms with E-state index in [4.69, 9.17) is 5.11 Å². The fraction of sp³-hybridized carbons (Fsp3) is 0.364. The minimum Gasteiger partial charge on any atom is -0.383 e. The van der Waals surface area contributed by atoms with Crippen molar-refractivity contribution in [3.8, 4) is 0 Å². The summed E-state index contributed by atoms with van der Waals surface area (Å²) >= 11 is 0. The van der Waals surface area contributed by atoms with Gasteiger partial charge in [-0.3, -0.25) is 4.79 Å². The summed E-state index contributed by atoms with van der Waals surface area (Å²) in [6, 6.07) is 4.11. The Labute approximate surface area is 94.9 Å². The van der Waals surface area contributed by atoms with Crippen LogP contribution in [0.2, 0.25) is 0 Å². The minimum atomic E-state index is -4.85. The Balaban J connectivity index is 2.87. The third kappa shape index (κ3) is 3.26. The number of ketones is 1. The molecule has 1 aromatic carbocycles. The highest BCUT2D eigenvalue weighted by molar-refractivity contribution is 5.98. The molecule has 0 spiro atoms. The highest BCUT2D eigenvalue weighted by atomic mass is 19.4. The molecule has 0 saturated carbocycles. The van der Waals surface area contributed by atoms with Crippen LogP contribution in [-0.4, -0.2) is 23.2 Å². The van der Waals surface area contributed by atoms with Gasteiger partial charge >= 0.3 is 6.18 Å². The van der Waals surface area contributed by atoms with Crippen molar-refractivity contribution in [1.82, 2.24) is 0 Å². The largest absolute Gasteiger partial charge is 0.415 e. The van der Waals surface area contributed by atoms with E-state index in [2.05, 4.69) is 0 Å². The van der Waals surface area contributed by atoms with Gasteiger partial charge in [0.2, 0.25) is 0 Å². The normalized spacial score (nSPS) is 15.4. The van der Waals surface area contributed by atoms with Crippen molar-refractivity contribution in [3.05, 3.63) is 35.6 Å². The summed E-state index contributed by atoms with van der Waals surface area (Å²) in [5.74, 6) is -3.10. The van der Waals surface area contributed by atoms with Crippen LogP contribution in [0, 0.1) is 11.7 Å². The Morgan fingerprint density at radius 3 is 2.12 bits per heavy atom. The molecule has 0 amide bonds. The predicted octanol–water partition coefficient (Wildman–Crippen LogP) is 2.57. The number of hydrogen-bond donors (Lipinski definition) is 1. The van der Waals surface area contributed by atoms with E-state index in [-0.39, 0.29) is 5.56 Å². The second kappa shape index (κ2) is 4.83. The van der Waals surface area contributed by atoms with Gasteiger partial charge in [0.1, 0.15) is 5.82 Å². The number of halogens is 4. The highest BCUT2D eigenvalue weighted by Crippen LogP contribution is 2.27. The van der Waals surface area contributed by atoms with Crippen LogP contribution in [0.4, 0.5) is 17.6 Å². The van der Waals surface area contributed by atoms with Crippen molar-refractivity contribution in [3.63, 3.8) is 0 Å². The molecule has 0 saturated heterocycles. The fourth-order valence-corrected chi connectivity index (χ4v) is 1.30. The van der Waals surface area contributed by atoms with E-state index >= 15 is 0 Å². The van der Waals surface area contributed by atoms with E-state index in [0.717, 1.165) is 31.2 Å². The van der Waals surface area contributed by atoms with E-state index in [1.165, 1.54) is 0 Å². The zero-order valence-electron chi connectivity index (χ0n) is 8.83. The van der Waals surface area contributed by atoms with Crippen LogP contribution in [-0.2, 0) is 0 Å². The molecule has 2 nitrogen and oxygen atoms in total. The lowest BCUT2D eigenvalue weighted by atomic mass is 9.94. The van der Waals surface area contributed by atoms with Gasteiger partial charge in [-0.1, -0.05) is 6.92 Å². The number of benzene rings is 1. The summed E-state index contributed by atoms with van der Waals surface area (Å²) in [6.07, 6.45) is -7.57. The molecule has 0 aromatic heterocycles. The quantitative estimate of drug-likeness (QED) is 0.661. The van der Waals surface area contributed by atoms with Crippen molar-refractivity contribution in [2.75, 3.05) is 0 Å². The zero-order valence-corrected chi connectivity index (χ0v) is 8.83. The number of hydrogen-bond acceptors (Lipinski definition) is 2. The van der Waals surface area contributed by atoms with Crippen molar-refractivity contribution < 1.29 is 27.5 Å². The standard InChI is InChI=1S/C11H10F4O2/c1-6(10(17)11(13,14)15)9(16)7-2-4-8(12)5-3-7/h2-6,10,17H,1H3/t6-,10-/m0/s1. The van der Waals surface area contributed by atoms with E-state index in [1.807, 2.05) is 0 Å². The van der Waals surface area contributed by atoms with Crippen LogP contribution >= 0.6 is 0 Å². The highest BCUT2D eigenvalue weighted by Gasteiger charge is 2.44. The number of rotatable bonds is 3. The molecule has 0 aliphatic carbocycles. The Morgan fingerprint density at radius 2 is 1.71 bits per heavy atom. The number of alkyl halides is 3. The molecule has 1 N–H and O–H groups in total. The summed E-state index contributed by atoms with van der Waals surface area (Å²) < 4.78 is 49.1. The fourth-order valence-electron chi connectivity index (χ4n) is 1.30. The molecule has 1 aromatic rings. The Kier molecular flexibility index (Phi) is 3.87. The first kappa shape index (κ1) is 13.6. The first-order chi connectivity index (χ1) is 7.73. The van der Waals surface area contributed by atoms with Crippen LogP contribution in [0.25, 0.3) is 0 Å². The molecule has 0 bridgehead atoms. The number of aliphatic hydroxyl groups excluding tert-OH is 1. The van der Waals surface area contributed by atoms with Gasteiger partial charge < -0.3 is 5.11 Å². The molecule has 0 aliphatic heterocycles. The number of carbonyl (C=O) groups excluding carboxylic acids is 1. The molecular weight excluding hydrogens is 240 g/mol. The molecule has 17 heavy (non-hydrogen) atoms. The number of carbonyl (C=O) groups is 1. The van der Waals surface area contributed by atoms with Crippen molar-refractivity contribution in [2.45, 2.75) is 19.2 Å². The lowest BCUT2D eigenvalue weighted by molar-refractivity contribution is -0.212. The summed E-state index contributed by atoms with van der Waals surface area (Å²) in [6.45, 7) is 0.976. The van der Waals surface area contributed by atoms with E-state index in [1.54, 1.807) is 0 Å². The smallest absolute Gasteiger partial charge is 0.383 e. The van der Waals surface area contributed by atoms with E-state index in [0.29, 0.717) is 0 Å². The van der Waals surface area contributed by atoms with Gasteiger partial charge in [-0.15, -0.1) is 0 Å². The molecular formula is C11H10F4O2. The molecule has 0 unspecified atom stereocenters. The molecule has 6 heteroatoms. The van der Waals surface area contributed by atoms with Gasteiger partial charge in [0.25, 0.3) is 0 Å². The number of Topliss-reactive ketones (excluding diaryl/α,β-unsaturated/α-hetero) is 1. The SMILES string of the molecule is C[C@@H](C(=O)c1ccc(F)cc1)[C@H](O)C(F)(F)F. The maximum Gasteiger partial charge on any atom is 0.415 e. The second-order valence-corrected chi connectivity index (χ2v) is 3.65. The van der Waals surface area contributed by atoms with Crippen molar-refractivity contribution in [2.24, 2.45) is 5.92 Å². The van der Waals surface area contributed by atoms with Crippen LogP contribution in [0.1, 0.15) is 17.3 Å². The maximum absolute atomic E-state index is 12.6. The molecule has 94 valence electrons. The first-order valence-corrected chi connectivity index (χ1v) is 4.78. The Hall–Kier alpha value is -1.43. The lowest BCUT2D eigenvalue weighted by Crippen LogP contribution is -2.38. The Morgan fingerprint density at radius 1 is 1.24 bits per heavy atom. The van der Waals surface area contributed by atoms with Gasteiger partial charge in [0.05, 0.1) is 5.92 Å². The van der Waals surface area contributed by atoms with Gasteiger partial charge in [0.15, 0.2) is 11.9 Å². The summed E-state index contributed by atoms with van der Waals surface area (Å²) in [5.41, 5.74) is -0.0674. The Bertz CT molecular complexity index is 397. The van der Waals surface area contributed by atoms with Crippen molar-refractivity contribution in [1.29, 1.82) is 0 Å². The molecule has 0 aliphatic rings. The molecule has 0 fully saturated rings. The average molecular weight is 250 g/mol. The topological polar surface area (TPSA) is 37.3 Å². The molecule has 2 atom stereocenters. The summed E-state index contributed by atoms with van der Waals surface area (Å²) in [7, 11) is 0. The predicted molar refractivity (Wildman–Crippen MR) is 52.0 cm³/mol. The van der Waals surface area contributed by atoms with E-state index < -0.39 is 29.8 Å². The van der Waals surface area contributed by atoms with Crippen LogP contribution in [0.15, 0.2) is 24.3 Å². The summed E-state index contributed by atoms with van der Waals surface area (Å²) in [5, 5.41) is 8.92. The van der Waals surface area contributed by atoms with Crippen LogP contribution in [0.3, 0.4) is 0 Å². The first-order valence-electron chi connectivity index (χ1n) is 4.78. The van der Waals surface area contributed by atoms with Gasteiger partial charge in [-0.2, -0.15) is 13.2 Å². The summed E-state index contributed by atoms with van der Waals surface area (Å²) in [4.78, 5) is 11.6. The van der Waals surface area contributed by atoms with Gasteiger partial charge in [0, 0.05) is 5.56 Å². The monoisotopic (exact) mass is 250 g/mol. The third-order valence-corrected chi connectivity index (χ3v) is 2.35. The average Bonchev–Trinajstić information content (AvgIpc) is 2.26. The maximum atomic E-state index is 12.6. The molecule has 0 radical (unpaired) electrons. The second-order valence-electron chi connectivity index (χ2n) is 3.65. The lowest BCUT2D eigenvalue weighted by Gasteiger charge is -2.20. The van der Waals surface area contributed by atoms with E-state index in [9.17, 15) is 22.4 Å². The molecule has 1 rings (SSSR count). The van der Waals surface area contributed by atoms with Gasteiger partial charge in [-0.25, -0.2) is 4.39 Å². The van der Waals surface area contributed by atoms with Crippen LogP contribution < -0.4 is 0 Å². The van der Waals surface area contributed by atoms with Crippen LogP contribution in [0.5, 0.6) is 0 Å².